The van der Waals surface area contributed by atoms with Crippen molar-refractivity contribution in [3.8, 4) is 28.9 Å². The van der Waals surface area contributed by atoms with Crippen LogP contribution in [0.3, 0.4) is 0 Å². The van der Waals surface area contributed by atoms with Crippen LogP contribution in [0, 0.1) is 6.92 Å². The minimum atomic E-state index is -1.77. The molecular formula is C24H27FN6O4. The molecule has 0 N–H and O–H groups in total. The molecule has 0 amide bonds. The van der Waals surface area contributed by atoms with Gasteiger partial charge in [-0.1, -0.05) is 5.16 Å². The molecule has 1 aromatic carbocycles. The second-order valence-electron chi connectivity index (χ2n) is 8.47. The predicted molar refractivity (Wildman–Crippen MR) is 126 cm³/mol. The highest BCUT2D eigenvalue weighted by atomic mass is 19.2. The summed E-state index contributed by atoms with van der Waals surface area (Å²) < 4.78 is 32.6. The third-order valence-corrected chi connectivity index (χ3v) is 5.09. The Bertz CT molecular complexity index is 1340. The molecule has 11 heteroatoms. The highest BCUT2D eigenvalue weighted by molar-refractivity contribution is 5.57. The Morgan fingerprint density at radius 1 is 1.11 bits per heavy atom. The maximum atomic E-state index is 13.7. The minimum absolute atomic E-state index is 0.0790. The largest absolute Gasteiger partial charge is 0.459 e. The van der Waals surface area contributed by atoms with Crippen molar-refractivity contribution >= 4 is 0 Å². The number of alkyl halides is 1. The molecular weight excluding hydrogens is 455 g/mol. The van der Waals surface area contributed by atoms with E-state index in [2.05, 4.69) is 20.2 Å². The standard InChI is InChI=1S/C24H27FN6O4/c1-16-26-22(28-31(16)15-17-10-12-30(20(32)14-17)11-5-13-33-4)23-27-21(29-35-23)18-6-8-19(9-7-18)34-24(2,3)25/h6-10,12,14H,5,11,13,15H2,1-4H3. The fraction of sp³-hybridized carbons (Fsp3) is 0.375. The average Bonchev–Trinajstić information content (AvgIpc) is 3.42. The van der Waals surface area contributed by atoms with Gasteiger partial charge in [-0.3, -0.25) is 4.79 Å². The number of benzene rings is 1. The van der Waals surface area contributed by atoms with E-state index in [-0.39, 0.29) is 17.3 Å². The van der Waals surface area contributed by atoms with E-state index in [9.17, 15) is 9.18 Å². The zero-order chi connectivity index (χ0) is 25.0. The highest BCUT2D eigenvalue weighted by Gasteiger charge is 2.19. The summed E-state index contributed by atoms with van der Waals surface area (Å²) in [6, 6.07) is 10.2. The van der Waals surface area contributed by atoms with Crippen LogP contribution < -0.4 is 10.3 Å². The van der Waals surface area contributed by atoms with E-state index < -0.39 is 5.85 Å². The first-order valence-corrected chi connectivity index (χ1v) is 11.1. The Labute approximate surface area is 201 Å². The Kier molecular flexibility index (Phi) is 7.06. The molecule has 4 aromatic rings. The van der Waals surface area contributed by atoms with Gasteiger partial charge in [0, 0.05) is 51.9 Å². The molecule has 0 aliphatic carbocycles. The topological polar surface area (TPSA) is 110 Å². The first kappa shape index (κ1) is 24.3. The van der Waals surface area contributed by atoms with E-state index >= 15 is 0 Å². The summed E-state index contributed by atoms with van der Waals surface area (Å²) in [7, 11) is 1.64. The maximum absolute atomic E-state index is 13.7. The van der Waals surface area contributed by atoms with E-state index in [0.717, 1.165) is 12.0 Å². The molecule has 0 unspecified atom stereocenters. The van der Waals surface area contributed by atoms with Crippen LogP contribution in [0.15, 0.2) is 51.9 Å². The summed E-state index contributed by atoms with van der Waals surface area (Å²) in [6.07, 6.45) is 2.54. The summed E-state index contributed by atoms with van der Waals surface area (Å²) in [5.41, 5.74) is 1.40. The van der Waals surface area contributed by atoms with Crippen molar-refractivity contribution in [2.75, 3.05) is 13.7 Å². The zero-order valence-electron chi connectivity index (χ0n) is 20.1. The number of nitrogens with zero attached hydrogens (tertiary/aromatic N) is 6. The van der Waals surface area contributed by atoms with Gasteiger partial charge in [-0.25, -0.2) is 9.67 Å². The third-order valence-electron chi connectivity index (χ3n) is 5.09. The van der Waals surface area contributed by atoms with Crippen molar-refractivity contribution in [2.24, 2.45) is 0 Å². The molecule has 0 saturated carbocycles. The van der Waals surface area contributed by atoms with Crippen LogP contribution in [0.2, 0.25) is 0 Å². The molecule has 10 nitrogen and oxygen atoms in total. The summed E-state index contributed by atoms with van der Waals surface area (Å²) in [5, 5.41) is 8.47. The molecule has 0 fully saturated rings. The molecule has 0 radical (unpaired) electrons. The van der Waals surface area contributed by atoms with Gasteiger partial charge in [0.15, 0.2) is 0 Å². The number of hydrogen-bond acceptors (Lipinski definition) is 8. The molecule has 0 aliphatic rings. The van der Waals surface area contributed by atoms with Crippen LogP contribution in [-0.4, -0.2) is 49.0 Å². The Morgan fingerprint density at radius 3 is 2.57 bits per heavy atom. The second kappa shape index (κ2) is 10.2. The fourth-order valence-electron chi connectivity index (χ4n) is 3.43. The van der Waals surface area contributed by atoms with Crippen LogP contribution in [0.25, 0.3) is 23.1 Å². The van der Waals surface area contributed by atoms with Gasteiger partial charge in [-0.2, -0.15) is 9.37 Å². The van der Waals surface area contributed by atoms with Gasteiger partial charge in [0.2, 0.25) is 17.5 Å². The van der Waals surface area contributed by atoms with Gasteiger partial charge in [0.25, 0.3) is 11.4 Å². The van der Waals surface area contributed by atoms with Crippen molar-refractivity contribution in [2.45, 2.75) is 46.1 Å². The van der Waals surface area contributed by atoms with Gasteiger partial charge < -0.3 is 18.6 Å². The number of halogens is 1. The number of ether oxygens (including phenoxy) is 2. The van der Waals surface area contributed by atoms with Crippen LogP contribution >= 0.6 is 0 Å². The Hall–Kier alpha value is -3.86. The Morgan fingerprint density at radius 2 is 1.89 bits per heavy atom. The minimum Gasteiger partial charge on any atom is -0.459 e. The van der Waals surface area contributed by atoms with Crippen molar-refractivity contribution in [3.63, 3.8) is 0 Å². The lowest BCUT2D eigenvalue weighted by molar-refractivity contribution is -0.0256. The van der Waals surface area contributed by atoms with E-state index in [1.807, 2.05) is 13.0 Å². The number of methoxy groups -OCH3 is 1. The van der Waals surface area contributed by atoms with Gasteiger partial charge in [-0.15, -0.1) is 5.10 Å². The van der Waals surface area contributed by atoms with Crippen LogP contribution in [0.1, 0.15) is 31.7 Å². The van der Waals surface area contributed by atoms with Gasteiger partial charge >= 0.3 is 0 Å². The van der Waals surface area contributed by atoms with Crippen molar-refractivity contribution in [1.82, 2.24) is 29.5 Å². The van der Waals surface area contributed by atoms with Crippen LogP contribution in [0.4, 0.5) is 4.39 Å². The lowest BCUT2D eigenvalue weighted by Gasteiger charge is -2.16. The molecule has 0 saturated heterocycles. The summed E-state index contributed by atoms with van der Waals surface area (Å²) in [5.74, 6) is 0.0534. The fourth-order valence-corrected chi connectivity index (χ4v) is 3.43. The molecule has 35 heavy (non-hydrogen) atoms. The van der Waals surface area contributed by atoms with Crippen molar-refractivity contribution < 1.29 is 18.4 Å². The molecule has 184 valence electrons. The Balaban J connectivity index is 1.46. The maximum Gasteiger partial charge on any atom is 0.297 e. The van der Waals surface area contributed by atoms with Crippen molar-refractivity contribution in [3.05, 3.63) is 64.3 Å². The molecule has 0 aliphatic heterocycles. The van der Waals surface area contributed by atoms with Crippen LogP contribution in [-0.2, 0) is 17.8 Å². The number of aryl methyl sites for hydroxylation is 2. The number of pyridine rings is 1. The van der Waals surface area contributed by atoms with Gasteiger partial charge in [0.05, 0.1) is 6.54 Å². The first-order chi connectivity index (χ1) is 16.7. The normalized spacial score (nSPS) is 11.7. The number of hydrogen-bond donors (Lipinski definition) is 0. The first-order valence-electron chi connectivity index (χ1n) is 11.1. The molecule has 3 heterocycles. The van der Waals surface area contributed by atoms with Crippen LogP contribution in [0.5, 0.6) is 5.75 Å². The summed E-state index contributed by atoms with van der Waals surface area (Å²) in [6.45, 7) is 6.05. The monoisotopic (exact) mass is 482 g/mol. The SMILES string of the molecule is COCCCn1ccc(Cn2nc(-c3nc(-c4ccc(OC(C)(C)F)cc4)no3)nc2C)cc1=O. The lowest BCUT2D eigenvalue weighted by Crippen LogP contribution is -2.20. The molecule has 4 rings (SSSR count). The van der Waals surface area contributed by atoms with Gasteiger partial charge in [-0.05, 0) is 49.2 Å². The number of aromatic nitrogens is 6. The van der Waals surface area contributed by atoms with E-state index in [1.165, 1.54) is 13.8 Å². The molecule has 0 atom stereocenters. The molecule has 0 bridgehead atoms. The smallest absolute Gasteiger partial charge is 0.297 e. The van der Waals surface area contributed by atoms with E-state index in [0.29, 0.717) is 42.7 Å². The lowest BCUT2D eigenvalue weighted by atomic mass is 10.2. The predicted octanol–water partition coefficient (Wildman–Crippen LogP) is 3.63. The molecule has 3 aromatic heterocycles. The quantitative estimate of drug-likeness (QED) is 0.315. The zero-order valence-corrected chi connectivity index (χ0v) is 20.1. The average molecular weight is 483 g/mol. The third kappa shape index (κ3) is 6.18. The van der Waals surface area contributed by atoms with E-state index in [1.54, 1.807) is 52.9 Å². The number of rotatable bonds is 10. The highest BCUT2D eigenvalue weighted by Crippen LogP contribution is 2.25. The molecule has 0 spiro atoms. The van der Waals surface area contributed by atoms with E-state index in [4.69, 9.17) is 14.0 Å². The second-order valence-corrected chi connectivity index (χ2v) is 8.47. The van der Waals surface area contributed by atoms with Crippen molar-refractivity contribution in [1.29, 1.82) is 0 Å². The summed E-state index contributed by atoms with van der Waals surface area (Å²) >= 11 is 0. The summed E-state index contributed by atoms with van der Waals surface area (Å²) in [4.78, 5) is 21.2. The van der Waals surface area contributed by atoms with Gasteiger partial charge in [0.1, 0.15) is 11.6 Å².